The van der Waals surface area contributed by atoms with E-state index in [9.17, 15) is 4.79 Å². The fourth-order valence-corrected chi connectivity index (χ4v) is 2.76. The Labute approximate surface area is 110 Å². The van der Waals surface area contributed by atoms with E-state index in [4.69, 9.17) is 11.6 Å². The number of pyridine rings is 1. The van der Waals surface area contributed by atoms with Crippen LogP contribution in [0.2, 0.25) is 5.02 Å². The minimum absolute atomic E-state index is 0.0869. The third-order valence-corrected chi connectivity index (χ3v) is 3.65. The van der Waals surface area contributed by atoms with E-state index in [0.717, 1.165) is 20.8 Å². The summed E-state index contributed by atoms with van der Waals surface area (Å²) >= 11 is 9.48. The molecular weight excluding hydrogens is 302 g/mol. The van der Waals surface area contributed by atoms with Crippen molar-refractivity contribution in [1.82, 2.24) is 4.98 Å². The first-order chi connectivity index (χ1) is 8.16. The third-order valence-electron chi connectivity index (χ3n) is 2.76. The standard InChI is InChI=1S/C13H7BrClNO/c14-10-3-1-2-8-12(10)9-6-7(15)4-5-11(9)16-13(8)17/h1-6H,(H,16,17). The molecule has 0 amide bonds. The van der Waals surface area contributed by atoms with Gasteiger partial charge < -0.3 is 4.98 Å². The highest BCUT2D eigenvalue weighted by Crippen LogP contribution is 2.29. The molecule has 0 aliphatic heterocycles. The van der Waals surface area contributed by atoms with Crippen LogP contribution in [0.25, 0.3) is 21.7 Å². The normalized spacial score (nSPS) is 11.2. The SMILES string of the molecule is O=c1[nH]c2ccc(Cl)cc2c2c(Br)cccc12. The summed E-state index contributed by atoms with van der Waals surface area (Å²) < 4.78 is 0.897. The van der Waals surface area contributed by atoms with Gasteiger partial charge in [-0.2, -0.15) is 0 Å². The smallest absolute Gasteiger partial charge is 0.256 e. The lowest BCUT2D eigenvalue weighted by Crippen LogP contribution is -2.06. The number of fused-ring (bicyclic) bond motifs is 3. The Morgan fingerprint density at radius 2 is 1.94 bits per heavy atom. The zero-order valence-electron chi connectivity index (χ0n) is 8.63. The quantitative estimate of drug-likeness (QED) is 0.623. The number of H-pyrrole nitrogens is 1. The number of aromatic nitrogens is 1. The highest BCUT2D eigenvalue weighted by atomic mass is 79.9. The van der Waals surface area contributed by atoms with Crippen molar-refractivity contribution in [1.29, 1.82) is 0 Å². The van der Waals surface area contributed by atoms with Crippen molar-refractivity contribution in [2.24, 2.45) is 0 Å². The maximum atomic E-state index is 11.9. The van der Waals surface area contributed by atoms with Crippen molar-refractivity contribution in [2.75, 3.05) is 0 Å². The molecule has 0 saturated carbocycles. The highest BCUT2D eigenvalue weighted by Gasteiger charge is 2.08. The van der Waals surface area contributed by atoms with Crippen molar-refractivity contribution in [3.63, 3.8) is 0 Å². The second-order valence-corrected chi connectivity index (χ2v) is 5.10. The van der Waals surface area contributed by atoms with Crippen LogP contribution in [0.1, 0.15) is 0 Å². The molecule has 3 rings (SSSR count). The molecule has 0 unspecified atom stereocenters. The van der Waals surface area contributed by atoms with E-state index in [1.807, 2.05) is 24.3 Å². The lowest BCUT2D eigenvalue weighted by atomic mass is 10.1. The van der Waals surface area contributed by atoms with Gasteiger partial charge in [-0.15, -0.1) is 0 Å². The predicted molar refractivity (Wildman–Crippen MR) is 74.8 cm³/mol. The number of aromatic amines is 1. The largest absolute Gasteiger partial charge is 0.321 e. The summed E-state index contributed by atoms with van der Waals surface area (Å²) in [5, 5.41) is 3.16. The van der Waals surface area contributed by atoms with Gasteiger partial charge in [-0.05, 0) is 30.3 Å². The fourth-order valence-electron chi connectivity index (χ4n) is 2.01. The maximum absolute atomic E-state index is 11.9. The summed E-state index contributed by atoms with van der Waals surface area (Å²) in [6.45, 7) is 0. The van der Waals surface area contributed by atoms with E-state index in [1.54, 1.807) is 12.1 Å². The molecule has 84 valence electrons. The first-order valence-corrected chi connectivity index (χ1v) is 6.24. The van der Waals surface area contributed by atoms with Crippen LogP contribution >= 0.6 is 27.5 Å². The summed E-state index contributed by atoms with van der Waals surface area (Å²) in [5.74, 6) is 0. The van der Waals surface area contributed by atoms with E-state index in [-0.39, 0.29) is 5.56 Å². The average Bonchev–Trinajstić information content (AvgIpc) is 2.30. The van der Waals surface area contributed by atoms with Gasteiger partial charge >= 0.3 is 0 Å². The van der Waals surface area contributed by atoms with Gasteiger partial charge in [0.15, 0.2) is 0 Å². The molecule has 17 heavy (non-hydrogen) atoms. The average molecular weight is 309 g/mol. The molecule has 2 nitrogen and oxygen atoms in total. The van der Waals surface area contributed by atoms with Crippen molar-refractivity contribution in [3.8, 4) is 0 Å². The molecule has 0 bridgehead atoms. The molecule has 4 heteroatoms. The van der Waals surface area contributed by atoms with Crippen LogP contribution in [0.3, 0.4) is 0 Å². The first kappa shape index (κ1) is 10.8. The Morgan fingerprint density at radius 1 is 1.12 bits per heavy atom. The Hall–Kier alpha value is -1.32. The fraction of sp³-hybridized carbons (Fsp3) is 0. The zero-order chi connectivity index (χ0) is 12.0. The zero-order valence-corrected chi connectivity index (χ0v) is 11.0. The van der Waals surface area contributed by atoms with Gasteiger partial charge in [-0.25, -0.2) is 0 Å². The third kappa shape index (κ3) is 1.66. The van der Waals surface area contributed by atoms with E-state index >= 15 is 0 Å². The molecule has 0 saturated heterocycles. The highest BCUT2D eigenvalue weighted by molar-refractivity contribution is 9.10. The number of nitrogens with one attached hydrogen (secondary N) is 1. The number of halogens is 2. The second kappa shape index (κ2) is 3.86. The van der Waals surface area contributed by atoms with Crippen LogP contribution in [0, 0.1) is 0 Å². The second-order valence-electron chi connectivity index (χ2n) is 3.81. The molecule has 3 aromatic rings. The number of hydrogen-bond acceptors (Lipinski definition) is 1. The first-order valence-electron chi connectivity index (χ1n) is 5.06. The van der Waals surface area contributed by atoms with Crippen LogP contribution in [0.4, 0.5) is 0 Å². The monoisotopic (exact) mass is 307 g/mol. The molecule has 1 heterocycles. The van der Waals surface area contributed by atoms with E-state index in [0.29, 0.717) is 10.4 Å². The molecular formula is C13H7BrClNO. The molecule has 1 N–H and O–H groups in total. The lowest BCUT2D eigenvalue weighted by Gasteiger charge is -2.05. The Bertz CT molecular complexity index is 794. The van der Waals surface area contributed by atoms with Crippen LogP contribution in [0.15, 0.2) is 45.7 Å². The Morgan fingerprint density at radius 3 is 2.76 bits per heavy atom. The number of rotatable bonds is 0. The van der Waals surface area contributed by atoms with Crippen molar-refractivity contribution in [3.05, 3.63) is 56.2 Å². The summed E-state index contributed by atoms with van der Waals surface area (Å²) in [6.07, 6.45) is 0. The molecule has 0 atom stereocenters. The van der Waals surface area contributed by atoms with Gasteiger partial charge in [0.25, 0.3) is 5.56 Å². The molecule has 0 fully saturated rings. The molecule has 0 aliphatic rings. The van der Waals surface area contributed by atoms with E-state index in [1.165, 1.54) is 0 Å². The van der Waals surface area contributed by atoms with Crippen LogP contribution in [0.5, 0.6) is 0 Å². The van der Waals surface area contributed by atoms with Gasteiger partial charge in [-0.1, -0.05) is 33.6 Å². The van der Waals surface area contributed by atoms with Gasteiger partial charge in [0, 0.05) is 31.2 Å². The molecule has 0 aliphatic carbocycles. The van der Waals surface area contributed by atoms with Crippen LogP contribution < -0.4 is 5.56 Å². The topological polar surface area (TPSA) is 32.9 Å². The molecule has 0 spiro atoms. The minimum Gasteiger partial charge on any atom is -0.321 e. The number of hydrogen-bond donors (Lipinski definition) is 1. The Balaban J connectivity index is 2.70. The van der Waals surface area contributed by atoms with Crippen LogP contribution in [-0.2, 0) is 0 Å². The number of benzene rings is 2. The summed E-state index contributed by atoms with van der Waals surface area (Å²) in [5.41, 5.74) is 0.704. The molecule has 1 aromatic heterocycles. The van der Waals surface area contributed by atoms with Gasteiger partial charge in [-0.3, -0.25) is 4.79 Å². The minimum atomic E-state index is -0.0869. The van der Waals surface area contributed by atoms with Crippen molar-refractivity contribution in [2.45, 2.75) is 0 Å². The summed E-state index contributed by atoms with van der Waals surface area (Å²) in [4.78, 5) is 14.8. The van der Waals surface area contributed by atoms with Crippen LogP contribution in [-0.4, -0.2) is 4.98 Å². The predicted octanol–water partition coefficient (Wildman–Crippen LogP) is 4.10. The van der Waals surface area contributed by atoms with Crippen molar-refractivity contribution >= 4 is 49.2 Å². The maximum Gasteiger partial charge on any atom is 0.256 e. The van der Waals surface area contributed by atoms with Gasteiger partial charge in [0.2, 0.25) is 0 Å². The molecule has 0 radical (unpaired) electrons. The lowest BCUT2D eigenvalue weighted by molar-refractivity contribution is 1.34. The summed E-state index contributed by atoms with van der Waals surface area (Å²) in [7, 11) is 0. The summed E-state index contributed by atoms with van der Waals surface area (Å²) in [6, 6.07) is 11.0. The van der Waals surface area contributed by atoms with E-state index < -0.39 is 0 Å². The van der Waals surface area contributed by atoms with E-state index in [2.05, 4.69) is 20.9 Å². The Kier molecular flexibility index (Phi) is 2.45. The van der Waals surface area contributed by atoms with Gasteiger partial charge in [0.05, 0.1) is 0 Å². The van der Waals surface area contributed by atoms with Gasteiger partial charge in [0.1, 0.15) is 0 Å². The van der Waals surface area contributed by atoms with Crippen molar-refractivity contribution < 1.29 is 0 Å². The molecule has 2 aromatic carbocycles.